The van der Waals surface area contributed by atoms with Crippen molar-refractivity contribution in [1.82, 2.24) is 0 Å². The molecule has 0 bridgehead atoms. The smallest absolute Gasteiger partial charge is 0.306 e. The van der Waals surface area contributed by atoms with Crippen LogP contribution in [0.25, 0.3) is 0 Å². The van der Waals surface area contributed by atoms with Crippen LogP contribution in [0, 0.1) is 0 Å². The molecule has 0 N–H and O–H groups in total. The van der Waals surface area contributed by atoms with Crippen LogP contribution in [0.4, 0.5) is 0 Å². The Hall–Kier alpha value is -2.37. The first-order chi connectivity index (χ1) is 28.5. The third-order valence-electron chi connectivity index (χ3n) is 10.9. The highest BCUT2D eigenvalue weighted by atomic mass is 16.6. The molecule has 0 amide bonds. The van der Waals surface area contributed by atoms with Gasteiger partial charge in [0, 0.05) is 19.3 Å². The number of ether oxygens (including phenoxy) is 3. The van der Waals surface area contributed by atoms with Crippen molar-refractivity contribution in [3.8, 4) is 0 Å². The molecule has 0 saturated heterocycles. The van der Waals surface area contributed by atoms with Crippen LogP contribution in [0.1, 0.15) is 258 Å². The molecule has 0 rings (SSSR count). The third-order valence-corrected chi connectivity index (χ3v) is 10.9. The average molecular weight is 815 g/mol. The second-order valence-electron chi connectivity index (χ2n) is 16.8. The van der Waals surface area contributed by atoms with Gasteiger partial charge in [0.15, 0.2) is 6.10 Å². The van der Waals surface area contributed by atoms with E-state index in [1.807, 2.05) is 0 Å². The Labute approximate surface area is 359 Å². The second-order valence-corrected chi connectivity index (χ2v) is 16.8. The summed E-state index contributed by atoms with van der Waals surface area (Å²) in [5.41, 5.74) is 0. The van der Waals surface area contributed by atoms with Gasteiger partial charge in [-0.15, -0.1) is 0 Å². The van der Waals surface area contributed by atoms with E-state index in [4.69, 9.17) is 14.2 Å². The summed E-state index contributed by atoms with van der Waals surface area (Å²) in [6.07, 6.45) is 54.1. The normalized spacial score (nSPS) is 12.3. The maximum atomic E-state index is 12.7. The standard InChI is InChI=1S/C52H94O6/c1-4-7-10-13-16-19-22-23-24-25-26-27-28-31-33-36-39-42-45-51(54)57-48-49(58-52(55)46-43-40-37-34-30-21-18-15-12-9-6-3)47-56-50(53)44-41-38-35-32-29-20-17-14-11-8-5-2/h15,18,24-27,49H,4-14,16-17,19-23,28-48H2,1-3H3/b18-15-,25-24-,27-26-. The van der Waals surface area contributed by atoms with Gasteiger partial charge in [0.05, 0.1) is 0 Å². The summed E-state index contributed by atoms with van der Waals surface area (Å²) in [7, 11) is 0. The molecule has 0 radical (unpaired) electrons. The average Bonchev–Trinajstić information content (AvgIpc) is 3.22. The van der Waals surface area contributed by atoms with Crippen molar-refractivity contribution in [2.75, 3.05) is 13.2 Å². The minimum atomic E-state index is -0.777. The zero-order chi connectivity index (χ0) is 42.3. The molecule has 338 valence electrons. The fraction of sp³-hybridized carbons (Fsp3) is 0.827. The van der Waals surface area contributed by atoms with E-state index in [0.29, 0.717) is 19.3 Å². The van der Waals surface area contributed by atoms with Crippen molar-refractivity contribution in [3.63, 3.8) is 0 Å². The van der Waals surface area contributed by atoms with Crippen molar-refractivity contribution in [1.29, 1.82) is 0 Å². The maximum Gasteiger partial charge on any atom is 0.306 e. The quantitative estimate of drug-likeness (QED) is 0.0200. The topological polar surface area (TPSA) is 78.9 Å². The molecule has 1 unspecified atom stereocenters. The van der Waals surface area contributed by atoms with E-state index in [1.165, 1.54) is 128 Å². The van der Waals surface area contributed by atoms with Crippen molar-refractivity contribution >= 4 is 17.9 Å². The van der Waals surface area contributed by atoms with E-state index in [2.05, 4.69) is 57.2 Å². The number of carbonyl (C=O) groups is 3. The van der Waals surface area contributed by atoms with Gasteiger partial charge in [0.25, 0.3) is 0 Å². The first kappa shape index (κ1) is 55.6. The van der Waals surface area contributed by atoms with Crippen LogP contribution in [-0.2, 0) is 28.6 Å². The van der Waals surface area contributed by atoms with Gasteiger partial charge in [-0.25, -0.2) is 0 Å². The Morgan fingerprint density at radius 1 is 0.345 bits per heavy atom. The molecule has 0 saturated carbocycles. The van der Waals surface area contributed by atoms with Gasteiger partial charge < -0.3 is 14.2 Å². The molecule has 0 aromatic rings. The SMILES string of the molecule is CCCC/C=C\CCCCCCCC(=O)OC(COC(=O)CCCCCCC/C=C\C=C/CCCCCCCCC)COC(=O)CCCCCCCCCCCCC. The highest BCUT2D eigenvalue weighted by Crippen LogP contribution is 2.14. The largest absolute Gasteiger partial charge is 0.462 e. The Kier molecular flexibility index (Phi) is 45.4. The predicted molar refractivity (Wildman–Crippen MR) is 247 cm³/mol. The predicted octanol–water partition coefficient (Wildman–Crippen LogP) is 16.1. The number of esters is 3. The highest BCUT2D eigenvalue weighted by molar-refractivity contribution is 5.71. The van der Waals surface area contributed by atoms with Gasteiger partial charge in [0.2, 0.25) is 0 Å². The molecule has 0 fully saturated rings. The maximum absolute atomic E-state index is 12.7. The molecular formula is C52H94O6. The summed E-state index contributed by atoms with van der Waals surface area (Å²) in [6, 6.07) is 0. The molecule has 0 aromatic heterocycles. The number of hydrogen-bond acceptors (Lipinski definition) is 6. The number of rotatable bonds is 45. The van der Waals surface area contributed by atoms with Crippen LogP contribution < -0.4 is 0 Å². The van der Waals surface area contributed by atoms with Crippen LogP contribution in [0.5, 0.6) is 0 Å². The van der Waals surface area contributed by atoms with E-state index in [0.717, 1.165) is 89.9 Å². The van der Waals surface area contributed by atoms with E-state index in [-0.39, 0.29) is 31.1 Å². The molecule has 0 aliphatic heterocycles. The first-order valence-electron chi connectivity index (χ1n) is 25.0. The molecular weight excluding hydrogens is 721 g/mol. The molecule has 0 aromatic carbocycles. The summed E-state index contributed by atoms with van der Waals surface area (Å²) in [4.78, 5) is 37.8. The van der Waals surface area contributed by atoms with Gasteiger partial charge in [-0.2, -0.15) is 0 Å². The van der Waals surface area contributed by atoms with Crippen LogP contribution >= 0.6 is 0 Å². The van der Waals surface area contributed by atoms with Crippen molar-refractivity contribution in [3.05, 3.63) is 36.5 Å². The van der Waals surface area contributed by atoms with Gasteiger partial charge in [-0.05, 0) is 64.2 Å². The number of unbranched alkanes of at least 4 members (excludes halogenated alkanes) is 29. The van der Waals surface area contributed by atoms with Gasteiger partial charge >= 0.3 is 17.9 Å². The molecule has 0 spiro atoms. The fourth-order valence-electron chi connectivity index (χ4n) is 7.06. The van der Waals surface area contributed by atoms with Crippen molar-refractivity contribution < 1.29 is 28.6 Å². The number of hydrogen-bond donors (Lipinski definition) is 0. The van der Waals surface area contributed by atoms with Crippen LogP contribution in [0.3, 0.4) is 0 Å². The summed E-state index contributed by atoms with van der Waals surface area (Å²) in [5, 5.41) is 0. The summed E-state index contributed by atoms with van der Waals surface area (Å²) >= 11 is 0. The summed E-state index contributed by atoms with van der Waals surface area (Å²) in [6.45, 7) is 6.58. The van der Waals surface area contributed by atoms with Gasteiger partial charge in [-0.3, -0.25) is 14.4 Å². The monoisotopic (exact) mass is 815 g/mol. The molecule has 6 nitrogen and oxygen atoms in total. The molecule has 6 heteroatoms. The van der Waals surface area contributed by atoms with Crippen LogP contribution in [0.2, 0.25) is 0 Å². The highest BCUT2D eigenvalue weighted by Gasteiger charge is 2.19. The molecule has 0 aliphatic rings. The first-order valence-corrected chi connectivity index (χ1v) is 25.0. The molecule has 0 aliphatic carbocycles. The van der Waals surface area contributed by atoms with Crippen LogP contribution in [-0.4, -0.2) is 37.2 Å². The Morgan fingerprint density at radius 3 is 1.02 bits per heavy atom. The van der Waals surface area contributed by atoms with Crippen molar-refractivity contribution in [2.24, 2.45) is 0 Å². The number of carbonyl (C=O) groups excluding carboxylic acids is 3. The zero-order valence-electron chi connectivity index (χ0n) is 38.6. The van der Waals surface area contributed by atoms with Crippen molar-refractivity contribution in [2.45, 2.75) is 264 Å². The number of allylic oxidation sites excluding steroid dienone is 6. The van der Waals surface area contributed by atoms with E-state index in [1.54, 1.807) is 0 Å². The lowest BCUT2D eigenvalue weighted by Crippen LogP contribution is -2.30. The van der Waals surface area contributed by atoms with Gasteiger partial charge in [0.1, 0.15) is 13.2 Å². The van der Waals surface area contributed by atoms with E-state index >= 15 is 0 Å². The molecule has 58 heavy (non-hydrogen) atoms. The fourth-order valence-corrected chi connectivity index (χ4v) is 7.06. The lowest BCUT2D eigenvalue weighted by molar-refractivity contribution is -0.167. The van der Waals surface area contributed by atoms with Gasteiger partial charge in [-0.1, -0.05) is 211 Å². The Bertz CT molecular complexity index is 984. The zero-order valence-corrected chi connectivity index (χ0v) is 38.6. The molecule has 0 heterocycles. The van der Waals surface area contributed by atoms with Crippen LogP contribution in [0.15, 0.2) is 36.5 Å². The minimum Gasteiger partial charge on any atom is -0.462 e. The summed E-state index contributed by atoms with van der Waals surface area (Å²) in [5.74, 6) is -0.898. The third kappa shape index (κ3) is 44.7. The Balaban J connectivity index is 4.34. The lowest BCUT2D eigenvalue weighted by atomic mass is 10.1. The summed E-state index contributed by atoms with van der Waals surface area (Å²) < 4.78 is 16.7. The minimum absolute atomic E-state index is 0.0783. The second kappa shape index (κ2) is 47.3. The molecule has 1 atom stereocenters. The Morgan fingerprint density at radius 2 is 0.638 bits per heavy atom. The van der Waals surface area contributed by atoms with E-state index < -0.39 is 6.10 Å². The van der Waals surface area contributed by atoms with E-state index in [9.17, 15) is 14.4 Å². The lowest BCUT2D eigenvalue weighted by Gasteiger charge is -2.18.